The first-order valence-corrected chi connectivity index (χ1v) is 13.5. The van der Waals surface area contributed by atoms with E-state index in [9.17, 15) is 24.3 Å². The Morgan fingerprint density at radius 1 is 0.949 bits per heavy atom. The number of rotatable bonds is 5. The molecule has 1 fully saturated rings. The molecule has 0 aliphatic carbocycles. The van der Waals surface area contributed by atoms with Crippen molar-refractivity contribution in [1.82, 2.24) is 9.47 Å². The predicted octanol–water partition coefficient (Wildman–Crippen LogP) is 5.78. The van der Waals surface area contributed by atoms with Gasteiger partial charge in [-0.2, -0.15) is 0 Å². The Labute approximate surface area is 229 Å². The van der Waals surface area contributed by atoms with Gasteiger partial charge in [-0.05, 0) is 36.5 Å². The lowest BCUT2D eigenvalue weighted by molar-refractivity contribution is -0.131. The Bertz CT molecular complexity index is 1640. The van der Waals surface area contributed by atoms with Crippen molar-refractivity contribution in [2.45, 2.75) is 39.2 Å². The van der Waals surface area contributed by atoms with Gasteiger partial charge in [0.15, 0.2) is 5.78 Å². The van der Waals surface area contributed by atoms with E-state index >= 15 is 0 Å². The highest BCUT2D eigenvalue weighted by Gasteiger charge is 2.57. The van der Waals surface area contributed by atoms with Crippen molar-refractivity contribution >= 4 is 44.3 Å². The molecule has 0 spiro atoms. The smallest absolute Gasteiger partial charge is 0.408 e. The van der Waals surface area contributed by atoms with Gasteiger partial charge in [0, 0.05) is 23.6 Å². The minimum atomic E-state index is -1.33. The monoisotopic (exact) mass is 543 g/mol. The number of pyridine rings is 1. The maximum atomic E-state index is 14.1. The summed E-state index contributed by atoms with van der Waals surface area (Å²) in [7, 11) is 0. The summed E-state index contributed by atoms with van der Waals surface area (Å²) in [4.78, 5) is 55.0. The third kappa shape index (κ3) is 4.32. The number of amides is 2. The number of para-hydroxylation sites is 1. The van der Waals surface area contributed by atoms with Gasteiger partial charge in [-0.1, -0.05) is 80.6 Å². The van der Waals surface area contributed by atoms with Gasteiger partial charge >= 0.3 is 6.09 Å². The Morgan fingerprint density at radius 2 is 1.59 bits per heavy atom. The lowest BCUT2D eigenvalue weighted by Crippen LogP contribution is -2.62. The number of carbonyl (C=O) groups excluding carboxylic acids is 2. The summed E-state index contributed by atoms with van der Waals surface area (Å²) in [5, 5.41) is 13.7. The van der Waals surface area contributed by atoms with Gasteiger partial charge in [0.05, 0.1) is 11.3 Å². The summed E-state index contributed by atoms with van der Waals surface area (Å²) in [6.45, 7) is 5.79. The summed E-state index contributed by atoms with van der Waals surface area (Å²) >= 11 is 1.13. The lowest BCUT2D eigenvalue weighted by Gasteiger charge is -2.45. The van der Waals surface area contributed by atoms with Crippen LogP contribution in [0.5, 0.6) is 0 Å². The quantitative estimate of drug-likeness (QED) is 0.310. The Morgan fingerprint density at radius 3 is 2.21 bits per heavy atom. The number of carbonyl (C=O) groups is 3. The predicted molar refractivity (Wildman–Crippen MR) is 152 cm³/mol. The molecule has 1 saturated heterocycles. The van der Waals surface area contributed by atoms with Crippen molar-refractivity contribution < 1.29 is 19.5 Å². The van der Waals surface area contributed by atoms with Gasteiger partial charge in [-0.3, -0.25) is 23.9 Å². The highest BCUT2D eigenvalue weighted by atomic mass is 32.1. The summed E-state index contributed by atoms with van der Waals surface area (Å²) in [5.41, 5.74) is -0.998. The molecule has 4 aromatic rings. The first-order valence-electron chi connectivity index (χ1n) is 12.7. The van der Waals surface area contributed by atoms with Gasteiger partial charge < -0.3 is 10.4 Å². The maximum absolute atomic E-state index is 14.1. The zero-order valence-electron chi connectivity index (χ0n) is 21.9. The van der Waals surface area contributed by atoms with E-state index in [1.54, 1.807) is 42.5 Å². The van der Waals surface area contributed by atoms with E-state index < -0.39 is 23.0 Å². The van der Waals surface area contributed by atoms with Crippen molar-refractivity contribution in [3.63, 3.8) is 0 Å². The van der Waals surface area contributed by atoms with Crippen LogP contribution < -0.4 is 10.9 Å². The number of fused-ring (bicyclic) bond motifs is 1. The molecule has 5 rings (SSSR count). The molecule has 8 nitrogen and oxygen atoms in total. The first-order chi connectivity index (χ1) is 18.6. The standard InChI is InChI=1S/C30H29N3O5S/c1-29(2,3)30(17-10-18-32(30)28(37)38)27(36)31-25-23(24(35)19-11-6-4-7-12-19)21-15-16-22(34)33(26(21)39-25)20-13-8-5-9-14-20/h4-9,11-16H,10,17-18H2,1-3H3,(H,31,36)(H,37,38)/t30-/m1/s1. The number of nitrogens with one attached hydrogen (secondary N) is 1. The summed E-state index contributed by atoms with van der Waals surface area (Å²) in [6, 6.07) is 20.8. The largest absolute Gasteiger partial charge is 0.465 e. The molecule has 39 heavy (non-hydrogen) atoms. The number of thiophene rings is 1. The van der Waals surface area contributed by atoms with Crippen molar-refractivity contribution in [2.75, 3.05) is 11.9 Å². The lowest BCUT2D eigenvalue weighted by atomic mass is 9.71. The minimum absolute atomic E-state index is 0.246. The molecule has 9 heteroatoms. The number of ketones is 1. The molecule has 0 bridgehead atoms. The van der Waals surface area contributed by atoms with Crippen LogP contribution in [0.3, 0.4) is 0 Å². The van der Waals surface area contributed by atoms with Gasteiger partial charge in [0.1, 0.15) is 15.4 Å². The van der Waals surface area contributed by atoms with Crippen molar-refractivity contribution in [2.24, 2.45) is 5.41 Å². The fourth-order valence-electron chi connectivity index (χ4n) is 5.59. The fourth-order valence-corrected chi connectivity index (χ4v) is 6.80. The van der Waals surface area contributed by atoms with Gasteiger partial charge in [0.2, 0.25) is 0 Å². The molecule has 0 saturated carbocycles. The van der Waals surface area contributed by atoms with Crippen molar-refractivity contribution in [1.29, 1.82) is 0 Å². The average molecular weight is 544 g/mol. The number of hydrogen-bond acceptors (Lipinski definition) is 5. The molecule has 0 radical (unpaired) electrons. The van der Waals surface area contributed by atoms with E-state index in [4.69, 9.17) is 0 Å². The fraction of sp³-hybridized carbons (Fsp3) is 0.267. The molecule has 2 aromatic carbocycles. The molecule has 3 heterocycles. The van der Waals surface area contributed by atoms with Gasteiger partial charge in [-0.25, -0.2) is 4.79 Å². The van der Waals surface area contributed by atoms with Crippen LogP contribution in [0.25, 0.3) is 15.9 Å². The number of hydrogen-bond donors (Lipinski definition) is 2. The third-order valence-electron chi connectivity index (χ3n) is 7.47. The highest BCUT2D eigenvalue weighted by molar-refractivity contribution is 7.23. The summed E-state index contributed by atoms with van der Waals surface area (Å²) < 4.78 is 1.52. The molecule has 1 aliphatic rings. The van der Waals surface area contributed by atoms with E-state index in [2.05, 4.69) is 5.32 Å². The first kappa shape index (κ1) is 26.4. The number of carboxylic acid groups (broad SMARTS) is 1. The molecule has 2 N–H and O–H groups in total. The number of aromatic nitrogens is 1. The number of benzene rings is 2. The molecule has 1 aliphatic heterocycles. The van der Waals surface area contributed by atoms with Gasteiger partial charge in [0.25, 0.3) is 11.5 Å². The molecule has 0 unspecified atom stereocenters. The van der Waals surface area contributed by atoms with Crippen LogP contribution >= 0.6 is 11.3 Å². The summed E-state index contributed by atoms with van der Waals surface area (Å²) in [5.74, 6) is -0.793. The van der Waals surface area contributed by atoms with Crippen LogP contribution in [0, 0.1) is 5.41 Å². The number of nitrogens with zero attached hydrogens (tertiary/aromatic N) is 2. The Hall–Kier alpha value is -4.24. The van der Waals surface area contributed by atoms with Crippen LogP contribution in [-0.2, 0) is 4.79 Å². The van der Waals surface area contributed by atoms with E-state index in [0.717, 1.165) is 11.3 Å². The second-order valence-electron chi connectivity index (χ2n) is 10.7. The molecule has 2 aromatic heterocycles. The second kappa shape index (κ2) is 9.81. The van der Waals surface area contributed by atoms with Crippen LogP contribution in [0.1, 0.15) is 49.5 Å². The second-order valence-corrected chi connectivity index (χ2v) is 11.7. The Balaban J connectivity index is 1.73. The molecular weight excluding hydrogens is 514 g/mol. The van der Waals surface area contributed by atoms with Crippen molar-refractivity contribution in [3.8, 4) is 5.69 Å². The summed E-state index contributed by atoms with van der Waals surface area (Å²) in [6.07, 6.45) is -0.254. The number of likely N-dealkylation sites (tertiary alicyclic amines) is 1. The van der Waals surface area contributed by atoms with Crippen molar-refractivity contribution in [3.05, 3.63) is 94.3 Å². The minimum Gasteiger partial charge on any atom is -0.465 e. The Kier molecular flexibility index (Phi) is 6.64. The highest BCUT2D eigenvalue weighted by Crippen LogP contribution is 2.46. The van der Waals surface area contributed by atoms with Crippen LogP contribution in [0.4, 0.5) is 9.80 Å². The zero-order chi connectivity index (χ0) is 27.9. The molecule has 200 valence electrons. The normalized spacial score (nSPS) is 17.4. The average Bonchev–Trinajstić information content (AvgIpc) is 3.52. The SMILES string of the molecule is CC(C)(C)[C@]1(C(=O)Nc2sc3c(ccc(=O)n3-c3ccccc3)c2C(=O)c2ccccc2)CCCN1C(=O)O. The van der Waals surface area contributed by atoms with E-state index in [0.29, 0.717) is 34.3 Å². The third-order valence-corrected chi connectivity index (χ3v) is 8.58. The van der Waals surface area contributed by atoms with Gasteiger partial charge in [-0.15, -0.1) is 0 Å². The van der Waals surface area contributed by atoms with Crippen LogP contribution in [-0.4, -0.2) is 44.4 Å². The molecule has 1 atom stereocenters. The molecular formula is C30H29N3O5S. The van der Waals surface area contributed by atoms with Crippen LogP contribution in [0.15, 0.2) is 77.6 Å². The van der Waals surface area contributed by atoms with E-state index in [-0.39, 0.29) is 28.5 Å². The van der Waals surface area contributed by atoms with E-state index in [1.807, 2.05) is 45.0 Å². The van der Waals surface area contributed by atoms with Crippen LogP contribution in [0.2, 0.25) is 0 Å². The maximum Gasteiger partial charge on any atom is 0.408 e. The number of anilines is 1. The zero-order valence-corrected chi connectivity index (χ0v) is 22.7. The molecule has 2 amide bonds. The van der Waals surface area contributed by atoms with E-state index in [1.165, 1.54) is 15.5 Å². The topological polar surface area (TPSA) is 109 Å².